The molecule has 2 N–H and O–H groups in total. The quantitative estimate of drug-likeness (QED) is 0.610. The number of sulfonamides is 1. The molecule has 2 heterocycles. The molecule has 0 bridgehead atoms. The van der Waals surface area contributed by atoms with Crippen molar-refractivity contribution >= 4 is 21.7 Å². The maximum Gasteiger partial charge on any atom is 0.230 e. The average Bonchev–Trinajstić information content (AvgIpc) is 3.64. The molecule has 3 saturated carbocycles. The Morgan fingerprint density at radius 1 is 1.23 bits per heavy atom. The topological polar surface area (TPSA) is 105 Å². The van der Waals surface area contributed by atoms with Crippen molar-refractivity contribution in [3.05, 3.63) is 11.8 Å². The highest BCUT2D eigenvalue weighted by atomic mass is 32.2. The molecule has 4 fully saturated rings. The molecule has 5 atom stereocenters. The Bertz CT molecular complexity index is 908. The number of carbonyl (C=O) groups excluding carboxylic acids is 2. The Hall–Kier alpha value is -1.29. The summed E-state index contributed by atoms with van der Waals surface area (Å²) in [5.74, 6) is -0.475. The van der Waals surface area contributed by atoms with E-state index in [0.717, 1.165) is 37.7 Å². The number of Topliss-reactive ketones (excluding diaryl/α,β-unsaturated/α-hetero) is 1. The lowest BCUT2D eigenvalue weighted by Crippen LogP contribution is -2.51. The third kappa shape index (κ3) is 4.34. The average molecular weight is 452 g/mol. The molecule has 2 aliphatic heterocycles. The van der Waals surface area contributed by atoms with Crippen molar-refractivity contribution in [2.75, 3.05) is 6.54 Å². The molecule has 5 aliphatic rings. The van der Waals surface area contributed by atoms with E-state index in [2.05, 4.69) is 10.2 Å². The molecule has 31 heavy (non-hydrogen) atoms. The first-order chi connectivity index (χ1) is 14.7. The van der Waals surface area contributed by atoms with E-state index in [0.29, 0.717) is 19.4 Å². The number of nitrogens with zero attached hydrogens (tertiary/aromatic N) is 1. The van der Waals surface area contributed by atoms with Gasteiger partial charge in [0.25, 0.3) is 0 Å². The van der Waals surface area contributed by atoms with Crippen molar-refractivity contribution in [1.82, 2.24) is 15.1 Å². The zero-order chi connectivity index (χ0) is 22.0. The van der Waals surface area contributed by atoms with Crippen molar-refractivity contribution < 1.29 is 22.8 Å². The largest absolute Gasteiger partial charge is 0.316 e. The Labute approximate surface area is 184 Å². The smallest absolute Gasteiger partial charge is 0.230 e. The fraction of sp³-hybridized carbons (Fsp3) is 0.818. The molecule has 0 spiro atoms. The van der Waals surface area contributed by atoms with Gasteiger partial charge in [-0.05, 0) is 65.2 Å². The fourth-order valence-corrected chi connectivity index (χ4v) is 7.28. The van der Waals surface area contributed by atoms with E-state index < -0.39 is 21.2 Å². The highest BCUT2D eigenvalue weighted by molar-refractivity contribution is 7.90. The fourth-order valence-electron chi connectivity index (χ4n) is 5.32. The molecule has 5 rings (SSSR count). The zero-order valence-corrected chi connectivity index (χ0v) is 19.1. The molecule has 0 aromatic rings. The minimum absolute atomic E-state index is 0.0713. The van der Waals surface area contributed by atoms with Crippen molar-refractivity contribution in [3.8, 4) is 0 Å². The monoisotopic (exact) mass is 451 g/mol. The highest BCUT2D eigenvalue weighted by Crippen LogP contribution is 2.46. The number of allylic oxidation sites excluding steroid dienone is 1. The number of hydrogen-bond donors (Lipinski definition) is 2. The Balaban J connectivity index is 1.37. The van der Waals surface area contributed by atoms with Gasteiger partial charge in [-0.25, -0.2) is 13.1 Å². The first-order valence-corrected chi connectivity index (χ1v) is 13.2. The van der Waals surface area contributed by atoms with Gasteiger partial charge in [-0.15, -0.1) is 0 Å². The molecule has 0 radical (unpaired) electrons. The van der Waals surface area contributed by atoms with E-state index in [1.807, 2.05) is 13.8 Å². The van der Waals surface area contributed by atoms with Crippen LogP contribution >= 0.6 is 0 Å². The van der Waals surface area contributed by atoms with Gasteiger partial charge in [0, 0.05) is 41.1 Å². The summed E-state index contributed by atoms with van der Waals surface area (Å²) in [6, 6.07) is 0.216. The van der Waals surface area contributed by atoms with Gasteiger partial charge in [-0.1, -0.05) is 0 Å². The van der Waals surface area contributed by atoms with Gasteiger partial charge >= 0.3 is 0 Å². The van der Waals surface area contributed by atoms with Crippen LogP contribution in [0.25, 0.3) is 0 Å². The molecule has 1 saturated heterocycles. The minimum Gasteiger partial charge on any atom is -0.316 e. The van der Waals surface area contributed by atoms with Gasteiger partial charge in [0.15, 0.2) is 5.78 Å². The van der Waals surface area contributed by atoms with Crippen molar-refractivity contribution in [2.45, 2.75) is 88.1 Å². The van der Waals surface area contributed by atoms with Crippen LogP contribution in [0.5, 0.6) is 0 Å². The first-order valence-electron chi connectivity index (χ1n) is 11.7. The van der Waals surface area contributed by atoms with Gasteiger partial charge in [-0.3, -0.25) is 14.4 Å². The number of carbonyl (C=O) groups is 2. The molecule has 3 aliphatic carbocycles. The molecular formula is C22H33N3O5S. The van der Waals surface area contributed by atoms with Crippen LogP contribution in [-0.4, -0.2) is 54.5 Å². The first kappa shape index (κ1) is 21.6. The summed E-state index contributed by atoms with van der Waals surface area (Å²) in [6.07, 6.45) is 7.28. The number of ketones is 1. The predicted molar refractivity (Wildman–Crippen MR) is 114 cm³/mol. The van der Waals surface area contributed by atoms with Crippen LogP contribution in [0, 0.1) is 17.8 Å². The van der Waals surface area contributed by atoms with E-state index in [9.17, 15) is 18.0 Å². The van der Waals surface area contributed by atoms with Gasteiger partial charge < -0.3 is 4.90 Å². The Morgan fingerprint density at radius 2 is 1.97 bits per heavy atom. The van der Waals surface area contributed by atoms with Crippen molar-refractivity contribution in [3.63, 3.8) is 0 Å². The normalized spacial score (nSPS) is 37.4. The molecule has 5 unspecified atom stereocenters. The number of nitrogens with one attached hydrogen (secondary N) is 2. The van der Waals surface area contributed by atoms with Crippen LogP contribution in [0.15, 0.2) is 11.8 Å². The second kappa shape index (κ2) is 7.64. The molecule has 0 aromatic heterocycles. The predicted octanol–water partition coefficient (Wildman–Crippen LogP) is 1.63. The molecule has 8 nitrogen and oxygen atoms in total. The number of hydrogen-bond acceptors (Lipinski definition) is 6. The van der Waals surface area contributed by atoms with Crippen molar-refractivity contribution in [1.29, 1.82) is 0 Å². The molecule has 1 amide bonds. The van der Waals surface area contributed by atoms with Crippen LogP contribution in [0.2, 0.25) is 0 Å². The Kier molecular flexibility index (Phi) is 5.31. The summed E-state index contributed by atoms with van der Waals surface area (Å²) in [4.78, 5) is 33.7. The zero-order valence-electron chi connectivity index (χ0n) is 18.3. The lowest BCUT2D eigenvalue weighted by Gasteiger charge is -2.42. The van der Waals surface area contributed by atoms with Crippen LogP contribution in [-0.2, 0) is 24.4 Å². The third-order valence-electron chi connectivity index (χ3n) is 7.61. The van der Waals surface area contributed by atoms with Crippen LogP contribution in [0.4, 0.5) is 0 Å². The van der Waals surface area contributed by atoms with Crippen LogP contribution in [0.1, 0.15) is 65.2 Å². The number of fused-ring (bicyclic) bond motifs is 1. The van der Waals surface area contributed by atoms with Gasteiger partial charge in [0.05, 0.1) is 17.9 Å². The van der Waals surface area contributed by atoms with Crippen molar-refractivity contribution in [2.24, 2.45) is 17.8 Å². The maximum absolute atomic E-state index is 13.4. The third-order valence-corrected chi connectivity index (χ3v) is 9.69. The lowest BCUT2D eigenvalue weighted by molar-refractivity contribution is -0.138. The number of amides is 1. The molecule has 0 aromatic carbocycles. The van der Waals surface area contributed by atoms with E-state index >= 15 is 0 Å². The molecular weight excluding hydrogens is 418 g/mol. The van der Waals surface area contributed by atoms with E-state index in [-0.39, 0.29) is 47.6 Å². The summed E-state index contributed by atoms with van der Waals surface area (Å²) in [6.45, 7) is 4.33. The maximum atomic E-state index is 13.4. The van der Waals surface area contributed by atoms with Crippen LogP contribution < -0.4 is 10.2 Å². The van der Waals surface area contributed by atoms with E-state index in [1.165, 1.54) is 0 Å². The summed E-state index contributed by atoms with van der Waals surface area (Å²) in [7, 11) is -3.50. The van der Waals surface area contributed by atoms with Gasteiger partial charge in [0.1, 0.15) is 0 Å². The summed E-state index contributed by atoms with van der Waals surface area (Å²) in [5, 5.41) is -0.586. The SMILES string of the molecule is CC1CC(CN2C=C(C(=O)C3CC3)C3CCC(S(=O)(=O)NC4(C)CC4)CC3C2=O)ON1. The van der Waals surface area contributed by atoms with E-state index in [4.69, 9.17) is 4.84 Å². The Morgan fingerprint density at radius 3 is 2.58 bits per heavy atom. The minimum atomic E-state index is -3.50. The molecule has 9 heteroatoms. The van der Waals surface area contributed by atoms with Gasteiger partial charge in [0.2, 0.25) is 15.9 Å². The summed E-state index contributed by atoms with van der Waals surface area (Å²) in [5.41, 5.74) is 3.34. The molecule has 172 valence electrons. The second-order valence-electron chi connectivity index (χ2n) is 10.6. The standard InChI is InChI=1S/C22H33N3O5S/c1-13-9-15(30-23-13)11-25-12-19(20(26)14-3-4-14)17-6-5-16(10-18(17)21(25)27)31(28,29)24-22(2)7-8-22/h12-18,23-24H,3-11H2,1-2H3. The number of rotatable bonds is 7. The van der Waals surface area contributed by atoms with Crippen LogP contribution in [0.3, 0.4) is 0 Å². The summed E-state index contributed by atoms with van der Waals surface area (Å²) >= 11 is 0. The second-order valence-corrected chi connectivity index (χ2v) is 12.5. The summed E-state index contributed by atoms with van der Waals surface area (Å²) < 4.78 is 28.9. The van der Waals surface area contributed by atoms with Gasteiger partial charge in [-0.2, -0.15) is 5.48 Å². The lowest BCUT2D eigenvalue weighted by atomic mass is 9.71. The van der Waals surface area contributed by atoms with E-state index in [1.54, 1.807) is 11.1 Å². The highest BCUT2D eigenvalue weighted by Gasteiger charge is 2.50. The number of hydroxylamine groups is 1.